The van der Waals surface area contributed by atoms with Crippen LogP contribution in [0.15, 0.2) is 12.4 Å². The molecule has 0 bridgehead atoms. The molecule has 0 unspecified atom stereocenters. The van der Waals surface area contributed by atoms with Gasteiger partial charge in [-0.1, -0.05) is 11.6 Å². The first kappa shape index (κ1) is 7.74. The third-order valence-electron chi connectivity index (χ3n) is 0.800. The number of halogens is 1. The lowest BCUT2D eigenvalue weighted by atomic mass is 10.6. The fourth-order valence-electron chi connectivity index (χ4n) is 0.463. The summed E-state index contributed by atoms with van der Waals surface area (Å²) in [6, 6.07) is 1.20. The highest BCUT2D eigenvalue weighted by atomic mass is 35.5. The summed E-state index contributed by atoms with van der Waals surface area (Å²) in [5.74, 6) is -0.0856. The number of ether oxygens (including phenoxy) is 1. The Balaban J connectivity index is 2.79. The molecule has 1 N–H and O–H groups in total. The minimum absolute atomic E-state index is 0.0856. The lowest BCUT2D eigenvalue weighted by Gasteiger charge is -1.95. The summed E-state index contributed by atoms with van der Waals surface area (Å²) < 4.78 is 4.18. The van der Waals surface area contributed by atoms with Gasteiger partial charge >= 0.3 is 6.16 Å². The molecule has 0 spiro atoms. The highest BCUT2D eigenvalue weighted by Crippen LogP contribution is 2.10. The molecule has 0 aliphatic heterocycles. The van der Waals surface area contributed by atoms with Crippen molar-refractivity contribution in [2.24, 2.45) is 0 Å². The van der Waals surface area contributed by atoms with Gasteiger partial charge in [0, 0.05) is 6.07 Å². The molecule has 0 saturated carbocycles. The first-order valence-corrected chi connectivity index (χ1v) is 2.94. The van der Waals surface area contributed by atoms with Crippen LogP contribution in [0.5, 0.6) is 5.88 Å². The van der Waals surface area contributed by atoms with Crippen molar-refractivity contribution in [2.45, 2.75) is 0 Å². The predicted octanol–water partition coefficient (Wildman–Crippen LogP) is 1.19. The predicted molar refractivity (Wildman–Crippen MR) is 35.7 cm³/mol. The van der Waals surface area contributed by atoms with Gasteiger partial charge in [-0.25, -0.2) is 14.8 Å². The monoisotopic (exact) mass is 174 g/mol. The number of aromatic nitrogens is 2. The second kappa shape index (κ2) is 3.16. The number of nitrogens with zero attached hydrogens (tertiary/aromatic N) is 2. The van der Waals surface area contributed by atoms with Gasteiger partial charge in [-0.15, -0.1) is 0 Å². The van der Waals surface area contributed by atoms with E-state index in [4.69, 9.17) is 16.7 Å². The zero-order valence-corrected chi connectivity index (χ0v) is 5.95. The van der Waals surface area contributed by atoms with E-state index in [0.717, 1.165) is 6.33 Å². The molecule has 1 rings (SSSR count). The van der Waals surface area contributed by atoms with Crippen LogP contribution in [-0.4, -0.2) is 21.2 Å². The second-order valence-electron chi connectivity index (χ2n) is 1.55. The lowest BCUT2D eigenvalue weighted by Crippen LogP contribution is -2.04. The van der Waals surface area contributed by atoms with Crippen LogP contribution in [0.2, 0.25) is 5.15 Å². The van der Waals surface area contributed by atoms with E-state index >= 15 is 0 Å². The Bertz CT molecular complexity index is 278. The van der Waals surface area contributed by atoms with E-state index in [2.05, 4.69) is 14.7 Å². The van der Waals surface area contributed by atoms with Gasteiger partial charge in [0.05, 0.1) is 0 Å². The van der Waals surface area contributed by atoms with Crippen molar-refractivity contribution in [1.29, 1.82) is 0 Å². The molecule has 5 nitrogen and oxygen atoms in total. The first-order chi connectivity index (χ1) is 5.18. The van der Waals surface area contributed by atoms with Crippen LogP contribution in [0.1, 0.15) is 0 Å². The van der Waals surface area contributed by atoms with Gasteiger partial charge in [0.1, 0.15) is 11.5 Å². The highest BCUT2D eigenvalue weighted by molar-refractivity contribution is 6.29. The van der Waals surface area contributed by atoms with Crippen LogP contribution < -0.4 is 4.74 Å². The minimum atomic E-state index is -1.43. The topological polar surface area (TPSA) is 72.3 Å². The zero-order chi connectivity index (χ0) is 8.27. The molecule has 1 aromatic rings. The molecule has 1 heterocycles. The quantitative estimate of drug-likeness (QED) is 0.511. The summed E-state index contributed by atoms with van der Waals surface area (Å²) in [6.45, 7) is 0. The van der Waals surface area contributed by atoms with E-state index in [1.807, 2.05) is 0 Å². The lowest BCUT2D eigenvalue weighted by molar-refractivity contribution is 0.142. The Kier molecular flexibility index (Phi) is 2.22. The molecule has 11 heavy (non-hydrogen) atoms. The van der Waals surface area contributed by atoms with Crippen LogP contribution in [0, 0.1) is 0 Å². The summed E-state index contributed by atoms with van der Waals surface area (Å²) in [6.07, 6.45) is -0.319. The number of carboxylic acid groups (broad SMARTS) is 1. The molecule has 1 aromatic heterocycles. The van der Waals surface area contributed by atoms with Crippen molar-refractivity contribution in [3.8, 4) is 5.88 Å². The third-order valence-corrected chi connectivity index (χ3v) is 1.01. The van der Waals surface area contributed by atoms with E-state index in [1.54, 1.807) is 0 Å². The molecular weight excluding hydrogens is 172 g/mol. The molecule has 0 aliphatic rings. The molecule has 0 aliphatic carbocycles. The molecule has 0 amide bonds. The van der Waals surface area contributed by atoms with Crippen molar-refractivity contribution < 1.29 is 14.6 Å². The van der Waals surface area contributed by atoms with Gasteiger partial charge < -0.3 is 9.84 Å². The van der Waals surface area contributed by atoms with Gasteiger partial charge in [-0.2, -0.15) is 0 Å². The normalized spacial score (nSPS) is 9.18. The molecule has 0 aromatic carbocycles. The number of hydrogen-bond donors (Lipinski definition) is 1. The standard InChI is InChI=1S/C5H3ClN2O3/c6-3-1-4(8-2-7-3)11-5(9)10/h1-2H,(H,9,10). The van der Waals surface area contributed by atoms with Crippen LogP contribution in [-0.2, 0) is 0 Å². The van der Waals surface area contributed by atoms with Crippen molar-refractivity contribution in [2.75, 3.05) is 0 Å². The SMILES string of the molecule is O=C(O)Oc1cc(Cl)ncn1. The summed E-state index contributed by atoms with van der Waals surface area (Å²) >= 11 is 5.40. The molecule has 58 valence electrons. The zero-order valence-electron chi connectivity index (χ0n) is 5.19. The molecule has 6 heteroatoms. The van der Waals surface area contributed by atoms with Crippen molar-refractivity contribution in [1.82, 2.24) is 9.97 Å². The van der Waals surface area contributed by atoms with E-state index in [0.29, 0.717) is 0 Å². The Morgan fingerprint density at radius 3 is 2.91 bits per heavy atom. The summed E-state index contributed by atoms with van der Waals surface area (Å²) in [7, 11) is 0. The van der Waals surface area contributed by atoms with Crippen LogP contribution in [0.4, 0.5) is 4.79 Å². The molecule has 0 atom stereocenters. The number of hydrogen-bond acceptors (Lipinski definition) is 4. The Hall–Kier alpha value is -1.36. The second-order valence-corrected chi connectivity index (χ2v) is 1.93. The van der Waals surface area contributed by atoms with Crippen molar-refractivity contribution in [3.63, 3.8) is 0 Å². The minimum Gasteiger partial charge on any atom is -0.449 e. The van der Waals surface area contributed by atoms with Crippen molar-refractivity contribution >= 4 is 17.8 Å². The Morgan fingerprint density at radius 2 is 2.36 bits per heavy atom. The third kappa shape index (κ3) is 2.38. The fourth-order valence-corrected chi connectivity index (χ4v) is 0.600. The first-order valence-electron chi connectivity index (χ1n) is 2.57. The average molecular weight is 175 g/mol. The molecule has 0 radical (unpaired) electrons. The van der Waals surface area contributed by atoms with Crippen LogP contribution >= 0.6 is 11.6 Å². The van der Waals surface area contributed by atoms with Gasteiger partial charge in [0.25, 0.3) is 0 Å². The molecular formula is C5H3ClN2O3. The van der Waals surface area contributed by atoms with Crippen LogP contribution in [0.3, 0.4) is 0 Å². The Morgan fingerprint density at radius 1 is 1.64 bits per heavy atom. The maximum Gasteiger partial charge on any atom is 0.512 e. The van der Waals surface area contributed by atoms with Gasteiger partial charge in [-0.05, 0) is 0 Å². The fraction of sp³-hybridized carbons (Fsp3) is 0. The molecule has 0 saturated heterocycles. The number of carbonyl (C=O) groups is 1. The van der Waals surface area contributed by atoms with E-state index in [9.17, 15) is 4.79 Å². The van der Waals surface area contributed by atoms with Crippen LogP contribution in [0.25, 0.3) is 0 Å². The Labute approximate surface area is 66.6 Å². The van der Waals surface area contributed by atoms with Crippen molar-refractivity contribution in [3.05, 3.63) is 17.5 Å². The maximum atomic E-state index is 9.95. The van der Waals surface area contributed by atoms with Gasteiger partial charge in [0.2, 0.25) is 5.88 Å². The number of rotatable bonds is 1. The highest BCUT2D eigenvalue weighted by Gasteiger charge is 2.01. The maximum absolute atomic E-state index is 9.95. The van der Waals surface area contributed by atoms with E-state index < -0.39 is 6.16 Å². The largest absolute Gasteiger partial charge is 0.512 e. The summed E-state index contributed by atoms with van der Waals surface area (Å²) in [5.41, 5.74) is 0. The van der Waals surface area contributed by atoms with E-state index in [-0.39, 0.29) is 11.0 Å². The molecule has 0 fully saturated rings. The smallest absolute Gasteiger partial charge is 0.449 e. The summed E-state index contributed by atoms with van der Waals surface area (Å²) in [4.78, 5) is 17.0. The van der Waals surface area contributed by atoms with E-state index in [1.165, 1.54) is 6.07 Å². The summed E-state index contributed by atoms with van der Waals surface area (Å²) in [5, 5.41) is 8.27. The van der Waals surface area contributed by atoms with Gasteiger partial charge in [-0.3, -0.25) is 0 Å². The van der Waals surface area contributed by atoms with Gasteiger partial charge in [0.15, 0.2) is 0 Å². The average Bonchev–Trinajstić information content (AvgIpc) is 1.85.